The minimum Gasteiger partial charge on any atom is -0.481 e. The second-order valence-corrected chi connectivity index (χ2v) is 7.94. The van der Waals surface area contributed by atoms with Crippen molar-refractivity contribution in [3.8, 4) is 0 Å². The normalized spacial score (nSPS) is 19.9. The van der Waals surface area contributed by atoms with Crippen LogP contribution in [0.4, 0.5) is 0 Å². The lowest BCUT2D eigenvalue weighted by Gasteiger charge is -2.18. The highest BCUT2D eigenvalue weighted by molar-refractivity contribution is 7.89. The number of halogens is 3. The number of carboxylic acids is 1. The van der Waals surface area contributed by atoms with E-state index in [9.17, 15) is 13.2 Å². The third-order valence-corrected chi connectivity index (χ3v) is 6.28. The van der Waals surface area contributed by atoms with Crippen LogP contribution in [-0.2, 0) is 14.8 Å². The molecule has 1 N–H and O–H groups in total. The predicted molar refractivity (Wildman–Crippen MR) is 80.6 cm³/mol. The quantitative estimate of drug-likeness (QED) is 0.881. The van der Waals surface area contributed by atoms with E-state index in [1.165, 1.54) is 16.4 Å². The Hall–Kier alpha value is -0.530. The van der Waals surface area contributed by atoms with Gasteiger partial charge in [-0.1, -0.05) is 34.8 Å². The molecule has 1 aromatic carbocycles. The van der Waals surface area contributed by atoms with Gasteiger partial charge >= 0.3 is 5.97 Å². The molecule has 1 aromatic rings. The van der Waals surface area contributed by atoms with Gasteiger partial charge in [-0.15, -0.1) is 0 Å². The smallest absolute Gasteiger partial charge is 0.303 e. The Morgan fingerprint density at radius 3 is 2.38 bits per heavy atom. The summed E-state index contributed by atoms with van der Waals surface area (Å²) in [5.74, 6) is -1.15. The first-order valence-electron chi connectivity index (χ1n) is 6.08. The van der Waals surface area contributed by atoms with Crippen molar-refractivity contribution >= 4 is 50.8 Å². The highest BCUT2D eigenvalue weighted by atomic mass is 35.5. The maximum Gasteiger partial charge on any atom is 0.303 e. The molecular formula is C12H12Cl3NO4S. The van der Waals surface area contributed by atoms with Crippen LogP contribution in [0.2, 0.25) is 15.1 Å². The van der Waals surface area contributed by atoms with Crippen molar-refractivity contribution in [2.75, 3.05) is 13.1 Å². The minimum atomic E-state index is -3.87. The molecule has 0 aromatic heterocycles. The number of aliphatic carboxylic acids is 1. The van der Waals surface area contributed by atoms with Crippen molar-refractivity contribution in [1.82, 2.24) is 4.31 Å². The second-order valence-electron chi connectivity index (χ2n) is 4.81. The Labute approximate surface area is 137 Å². The van der Waals surface area contributed by atoms with Gasteiger partial charge in [-0.2, -0.15) is 4.31 Å². The Kier molecular flexibility index (Phi) is 5.05. The molecule has 1 saturated heterocycles. The number of carbonyl (C=O) groups is 1. The first-order chi connectivity index (χ1) is 9.71. The van der Waals surface area contributed by atoms with E-state index in [4.69, 9.17) is 39.9 Å². The molecular weight excluding hydrogens is 361 g/mol. The number of hydrogen-bond donors (Lipinski definition) is 1. The Morgan fingerprint density at radius 1 is 1.29 bits per heavy atom. The van der Waals surface area contributed by atoms with Crippen molar-refractivity contribution in [3.05, 3.63) is 27.2 Å². The standard InChI is InChI=1S/C12H12Cl3NO4S/c13-8-4-9(14)12(10(15)5-8)21(19,20)16-2-1-7(6-16)3-11(17)18/h4-5,7H,1-3,6H2,(H,17,18). The van der Waals surface area contributed by atoms with Crippen LogP contribution >= 0.6 is 34.8 Å². The van der Waals surface area contributed by atoms with Crippen molar-refractivity contribution in [1.29, 1.82) is 0 Å². The molecule has 0 bridgehead atoms. The Morgan fingerprint density at radius 2 is 1.86 bits per heavy atom. The molecule has 0 amide bonds. The zero-order chi connectivity index (χ0) is 15.8. The molecule has 0 aliphatic carbocycles. The molecule has 1 heterocycles. The maximum atomic E-state index is 12.6. The lowest BCUT2D eigenvalue weighted by molar-refractivity contribution is -0.137. The van der Waals surface area contributed by atoms with Gasteiger partial charge in [-0.05, 0) is 24.5 Å². The van der Waals surface area contributed by atoms with E-state index >= 15 is 0 Å². The van der Waals surface area contributed by atoms with E-state index in [-0.39, 0.29) is 45.4 Å². The molecule has 0 saturated carbocycles. The molecule has 1 aliphatic heterocycles. The monoisotopic (exact) mass is 371 g/mol. The second kappa shape index (κ2) is 6.30. The van der Waals surface area contributed by atoms with Gasteiger partial charge < -0.3 is 5.11 Å². The fourth-order valence-corrected chi connectivity index (χ4v) is 5.36. The van der Waals surface area contributed by atoms with Crippen LogP contribution < -0.4 is 0 Å². The fourth-order valence-electron chi connectivity index (χ4n) is 2.33. The third-order valence-electron chi connectivity index (χ3n) is 3.27. The van der Waals surface area contributed by atoms with Gasteiger partial charge in [0.2, 0.25) is 10.0 Å². The van der Waals surface area contributed by atoms with E-state index in [1.807, 2.05) is 0 Å². The maximum absolute atomic E-state index is 12.6. The molecule has 0 radical (unpaired) electrons. The van der Waals surface area contributed by atoms with Gasteiger partial charge in [0.15, 0.2) is 0 Å². The van der Waals surface area contributed by atoms with Gasteiger partial charge in [0.05, 0.1) is 10.0 Å². The summed E-state index contributed by atoms with van der Waals surface area (Å²) in [7, 11) is -3.87. The summed E-state index contributed by atoms with van der Waals surface area (Å²) in [6.45, 7) is 0.388. The Balaban J connectivity index is 2.30. The summed E-state index contributed by atoms with van der Waals surface area (Å²) < 4.78 is 26.4. The zero-order valence-electron chi connectivity index (χ0n) is 10.7. The highest BCUT2D eigenvalue weighted by Crippen LogP contribution is 2.36. The molecule has 1 aliphatic rings. The van der Waals surface area contributed by atoms with E-state index in [0.29, 0.717) is 6.42 Å². The number of rotatable bonds is 4. The van der Waals surface area contributed by atoms with Crippen LogP contribution in [-0.4, -0.2) is 36.9 Å². The average Bonchev–Trinajstić information content (AvgIpc) is 2.75. The van der Waals surface area contributed by atoms with Gasteiger partial charge in [0, 0.05) is 24.5 Å². The predicted octanol–water partition coefficient (Wildman–Crippen LogP) is 3.13. The van der Waals surface area contributed by atoms with Gasteiger partial charge in [0.25, 0.3) is 0 Å². The van der Waals surface area contributed by atoms with Crippen LogP contribution in [0.1, 0.15) is 12.8 Å². The van der Waals surface area contributed by atoms with Crippen LogP contribution in [0.3, 0.4) is 0 Å². The van der Waals surface area contributed by atoms with E-state index in [1.54, 1.807) is 0 Å². The highest BCUT2D eigenvalue weighted by Gasteiger charge is 2.35. The van der Waals surface area contributed by atoms with Crippen molar-refractivity contribution in [2.24, 2.45) is 5.92 Å². The van der Waals surface area contributed by atoms with E-state index in [0.717, 1.165) is 0 Å². The first kappa shape index (κ1) is 16.8. The lowest BCUT2D eigenvalue weighted by Crippen LogP contribution is -2.29. The molecule has 1 fully saturated rings. The van der Waals surface area contributed by atoms with Crippen LogP contribution in [0.25, 0.3) is 0 Å². The van der Waals surface area contributed by atoms with E-state index < -0.39 is 16.0 Å². The lowest BCUT2D eigenvalue weighted by atomic mass is 10.1. The third kappa shape index (κ3) is 3.63. The van der Waals surface area contributed by atoms with Crippen LogP contribution in [0.15, 0.2) is 17.0 Å². The number of sulfonamides is 1. The Bertz CT molecular complexity index is 654. The summed E-state index contributed by atoms with van der Waals surface area (Å²) >= 11 is 17.7. The van der Waals surface area contributed by atoms with Crippen LogP contribution in [0, 0.1) is 5.92 Å². The van der Waals surface area contributed by atoms with Gasteiger partial charge in [-0.25, -0.2) is 8.42 Å². The topological polar surface area (TPSA) is 74.7 Å². The summed E-state index contributed by atoms with van der Waals surface area (Å²) in [4.78, 5) is 10.5. The number of benzene rings is 1. The summed E-state index contributed by atoms with van der Waals surface area (Å²) in [5.41, 5.74) is 0. The molecule has 9 heteroatoms. The number of hydrogen-bond acceptors (Lipinski definition) is 3. The molecule has 1 unspecified atom stereocenters. The van der Waals surface area contributed by atoms with Crippen molar-refractivity contribution < 1.29 is 18.3 Å². The molecule has 1 atom stereocenters. The fraction of sp³-hybridized carbons (Fsp3) is 0.417. The van der Waals surface area contributed by atoms with Crippen molar-refractivity contribution in [2.45, 2.75) is 17.7 Å². The van der Waals surface area contributed by atoms with Gasteiger partial charge in [0.1, 0.15) is 4.90 Å². The molecule has 5 nitrogen and oxygen atoms in total. The molecule has 2 rings (SSSR count). The SMILES string of the molecule is O=C(O)CC1CCN(S(=O)(=O)c2c(Cl)cc(Cl)cc2Cl)C1. The molecule has 21 heavy (non-hydrogen) atoms. The van der Waals surface area contributed by atoms with Crippen LogP contribution in [0.5, 0.6) is 0 Å². The largest absolute Gasteiger partial charge is 0.481 e. The first-order valence-corrected chi connectivity index (χ1v) is 8.65. The van der Waals surface area contributed by atoms with Gasteiger partial charge in [-0.3, -0.25) is 4.79 Å². The zero-order valence-corrected chi connectivity index (χ0v) is 13.8. The number of carboxylic acid groups (broad SMARTS) is 1. The molecule has 116 valence electrons. The number of nitrogens with zero attached hydrogens (tertiary/aromatic N) is 1. The summed E-state index contributed by atoms with van der Waals surface area (Å²) in [6, 6.07) is 2.62. The summed E-state index contributed by atoms with van der Waals surface area (Å²) in [5, 5.41) is 8.92. The summed E-state index contributed by atoms with van der Waals surface area (Å²) in [6.07, 6.45) is 0.433. The average molecular weight is 373 g/mol. The molecule has 0 spiro atoms. The van der Waals surface area contributed by atoms with E-state index in [2.05, 4.69) is 0 Å². The minimum absolute atomic E-state index is 0.0471. The van der Waals surface area contributed by atoms with Crippen molar-refractivity contribution in [3.63, 3.8) is 0 Å².